The molecule has 0 heterocycles. The smallest absolute Gasteiger partial charge is 0.0635 e. The molecule has 0 N–H and O–H groups in total. The van der Waals surface area contributed by atoms with E-state index in [0.717, 1.165) is 24.5 Å². The molecule has 0 aliphatic heterocycles. The van der Waals surface area contributed by atoms with Crippen LogP contribution < -0.4 is 0 Å². The summed E-state index contributed by atoms with van der Waals surface area (Å²) in [6.07, 6.45) is 10.4. The molecule has 2 aliphatic carbocycles. The van der Waals surface area contributed by atoms with Gasteiger partial charge in [0.1, 0.15) is 0 Å². The van der Waals surface area contributed by atoms with Crippen LogP contribution in [0.5, 0.6) is 0 Å². The summed E-state index contributed by atoms with van der Waals surface area (Å²) < 4.78 is 0. The van der Waals surface area contributed by atoms with E-state index < -0.39 is 0 Å². The monoisotopic (exact) mass is 220 g/mol. The fraction of sp³-hybridized carbons (Fsp3) is 0.929. The summed E-state index contributed by atoms with van der Waals surface area (Å²) in [4.78, 5) is 2.68. The zero-order valence-electron chi connectivity index (χ0n) is 10.5. The lowest BCUT2D eigenvalue weighted by atomic mass is 9.81. The van der Waals surface area contributed by atoms with Crippen LogP contribution in [-0.2, 0) is 0 Å². The van der Waals surface area contributed by atoms with Crippen LogP contribution in [-0.4, -0.2) is 23.5 Å². The van der Waals surface area contributed by atoms with E-state index >= 15 is 0 Å². The van der Waals surface area contributed by atoms with E-state index in [4.69, 9.17) is 5.26 Å². The van der Waals surface area contributed by atoms with Crippen molar-refractivity contribution in [3.05, 3.63) is 0 Å². The molecule has 0 aromatic carbocycles. The van der Waals surface area contributed by atoms with Crippen LogP contribution in [0.2, 0.25) is 0 Å². The lowest BCUT2D eigenvalue weighted by Gasteiger charge is -2.40. The van der Waals surface area contributed by atoms with E-state index in [-0.39, 0.29) is 0 Å². The van der Waals surface area contributed by atoms with Crippen molar-refractivity contribution in [3.63, 3.8) is 0 Å². The number of hydrogen-bond acceptors (Lipinski definition) is 2. The summed E-state index contributed by atoms with van der Waals surface area (Å²) in [5, 5.41) is 8.76. The molecule has 0 saturated heterocycles. The maximum absolute atomic E-state index is 8.76. The second-order valence-corrected chi connectivity index (χ2v) is 5.40. The molecule has 90 valence electrons. The van der Waals surface area contributed by atoms with Crippen LogP contribution in [0.3, 0.4) is 0 Å². The highest BCUT2D eigenvalue weighted by atomic mass is 15.2. The highest BCUT2D eigenvalue weighted by Gasteiger charge is 2.37. The standard InChI is InChI=1S/C14H24N2/c1-2-12-6-3-4-7-14(12)16(11-5-10-15)13-8-9-13/h12-14H,2-9,11H2,1H3. The Morgan fingerprint density at radius 3 is 2.56 bits per heavy atom. The van der Waals surface area contributed by atoms with Gasteiger partial charge in [-0.05, 0) is 31.6 Å². The molecule has 0 aromatic rings. The van der Waals surface area contributed by atoms with Gasteiger partial charge in [-0.15, -0.1) is 0 Å². The Morgan fingerprint density at radius 1 is 1.19 bits per heavy atom. The van der Waals surface area contributed by atoms with E-state index in [1.54, 1.807) is 0 Å². The number of nitriles is 1. The van der Waals surface area contributed by atoms with Crippen molar-refractivity contribution in [2.75, 3.05) is 6.54 Å². The van der Waals surface area contributed by atoms with Crippen molar-refractivity contribution in [2.24, 2.45) is 5.92 Å². The van der Waals surface area contributed by atoms with Gasteiger partial charge in [-0.1, -0.05) is 26.2 Å². The molecule has 0 radical (unpaired) electrons. The van der Waals surface area contributed by atoms with Crippen molar-refractivity contribution in [1.29, 1.82) is 5.26 Å². The molecule has 0 spiro atoms. The van der Waals surface area contributed by atoms with Crippen LogP contribution in [0.25, 0.3) is 0 Å². The van der Waals surface area contributed by atoms with Gasteiger partial charge >= 0.3 is 0 Å². The quantitative estimate of drug-likeness (QED) is 0.710. The first-order chi connectivity index (χ1) is 7.86. The molecular weight excluding hydrogens is 196 g/mol. The second-order valence-electron chi connectivity index (χ2n) is 5.40. The minimum atomic E-state index is 0.712. The van der Waals surface area contributed by atoms with Gasteiger partial charge in [0.15, 0.2) is 0 Å². The molecule has 2 aliphatic rings. The summed E-state index contributed by atoms with van der Waals surface area (Å²) in [5.41, 5.74) is 0. The molecule has 2 fully saturated rings. The Hall–Kier alpha value is -0.550. The molecule has 2 saturated carbocycles. The van der Waals surface area contributed by atoms with Gasteiger partial charge in [-0.3, -0.25) is 4.90 Å². The SMILES string of the molecule is CCC1CCCCC1N(CCC#N)C1CC1. The average Bonchev–Trinajstić information content (AvgIpc) is 3.14. The molecule has 0 bridgehead atoms. The van der Waals surface area contributed by atoms with Gasteiger partial charge in [0, 0.05) is 25.0 Å². The van der Waals surface area contributed by atoms with E-state index in [1.807, 2.05) is 0 Å². The van der Waals surface area contributed by atoms with Gasteiger partial charge < -0.3 is 0 Å². The summed E-state index contributed by atoms with van der Waals surface area (Å²) >= 11 is 0. The van der Waals surface area contributed by atoms with Gasteiger partial charge in [-0.25, -0.2) is 0 Å². The predicted octanol–water partition coefficient (Wildman–Crippen LogP) is 3.33. The summed E-state index contributed by atoms with van der Waals surface area (Å²) in [5.74, 6) is 0.896. The summed E-state index contributed by atoms with van der Waals surface area (Å²) in [6, 6.07) is 3.93. The van der Waals surface area contributed by atoms with Crippen molar-refractivity contribution in [2.45, 2.75) is 70.4 Å². The first-order valence-corrected chi connectivity index (χ1v) is 6.99. The highest BCUT2D eigenvalue weighted by molar-refractivity contribution is 4.93. The third kappa shape index (κ3) is 2.77. The molecule has 2 atom stereocenters. The van der Waals surface area contributed by atoms with E-state index in [1.165, 1.54) is 44.9 Å². The maximum atomic E-state index is 8.76. The predicted molar refractivity (Wildman–Crippen MR) is 66.0 cm³/mol. The molecule has 0 aromatic heterocycles. The van der Waals surface area contributed by atoms with E-state index in [2.05, 4.69) is 17.9 Å². The van der Waals surface area contributed by atoms with Gasteiger partial charge in [-0.2, -0.15) is 5.26 Å². The molecule has 2 unspecified atom stereocenters. The molecule has 2 rings (SSSR count). The third-order valence-electron chi connectivity index (χ3n) is 4.32. The topological polar surface area (TPSA) is 27.0 Å². The van der Waals surface area contributed by atoms with E-state index in [0.29, 0.717) is 6.42 Å². The molecule has 16 heavy (non-hydrogen) atoms. The average molecular weight is 220 g/mol. The number of nitrogens with zero attached hydrogens (tertiary/aromatic N) is 2. The molecule has 2 nitrogen and oxygen atoms in total. The van der Waals surface area contributed by atoms with Crippen LogP contribution in [0.4, 0.5) is 0 Å². The number of hydrogen-bond donors (Lipinski definition) is 0. The Morgan fingerprint density at radius 2 is 1.94 bits per heavy atom. The lowest BCUT2D eigenvalue weighted by molar-refractivity contribution is 0.0955. The van der Waals surface area contributed by atoms with Crippen molar-refractivity contribution in [1.82, 2.24) is 4.90 Å². The fourth-order valence-electron chi connectivity index (χ4n) is 3.31. The Balaban J connectivity index is 1.96. The number of rotatable bonds is 5. The molecule has 0 amide bonds. The Bertz CT molecular complexity index is 252. The first kappa shape index (κ1) is 11.9. The molecule has 2 heteroatoms. The van der Waals surface area contributed by atoms with Crippen LogP contribution in [0.1, 0.15) is 58.3 Å². The van der Waals surface area contributed by atoms with Gasteiger partial charge in [0.05, 0.1) is 6.07 Å². The Labute approximate surface area is 99.6 Å². The maximum Gasteiger partial charge on any atom is 0.0635 e. The van der Waals surface area contributed by atoms with Crippen molar-refractivity contribution in [3.8, 4) is 6.07 Å². The van der Waals surface area contributed by atoms with Crippen molar-refractivity contribution < 1.29 is 0 Å². The fourth-order valence-corrected chi connectivity index (χ4v) is 3.31. The van der Waals surface area contributed by atoms with Gasteiger partial charge in [0.25, 0.3) is 0 Å². The second kappa shape index (κ2) is 5.68. The van der Waals surface area contributed by atoms with Crippen molar-refractivity contribution >= 4 is 0 Å². The van der Waals surface area contributed by atoms with Gasteiger partial charge in [0.2, 0.25) is 0 Å². The minimum absolute atomic E-state index is 0.712. The third-order valence-corrected chi connectivity index (χ3v) is 4.32. The first-order valence-electron chi connectivity index (χ1n) is 6.99. The van der Waals surface area contributed by atoms with Crippen LogP contribution in [0, 0.1) is 17.2 Å². The minimum Gasteiger partial charge on any atom is -0.296 e. The van der Waals surface area contributed by atoms with Crippen LogP contribution >= 0.6 is 0 Å². The highest BCUT2D eigenvalue weighted by Crippen LogP contribution is 2.37. The molecular formula is C14H24N2. The zero-order valence-corrected chi connectivity index (χ0v) is 10.5. The Kier molecular flexibility index (Phi) is 4.23. The summed E-state index contributed by atoms with van der Waals surface area (Å²) in [7, 11) is 0. The normalized spacial score (nSPS) is 30.3. The van der Waals surface area contributed by atoms with Crippen LogP contribution in [0.15, 0.2) is 0 Å². The zero-order chi connectivity index (χ0) is 11.4. The largest absolute Gasteiger partial charge is 0.296 e. The van der Waals surface area contributed by atoms with E-state index in [9.17, 15) is 0 Å². The summed E-state index contributed by atoms with van der Waals surface area (Å²) in [6.45, 7) is 3.35. The lowest BCUT2D eigenvalue weighted by Crippen LogP contribution is -2.44.